The predicted octanol–water partition coefficient (Wildman–Crippen LogP) is 1.31. The highest BCUT2D eigenvalue weighted by molar-refractivity contribution is 5.98. The lowest BCUT2D eigenvalue weighted by Gasteiger charge is -2.20. The molecule has 2 heterocycles. The van der Waals surface area contributed by atoms with Gasteiger partial charge in [-0.1, -0.05) is 0 Å². The van der Waals surface area contributed by atoms with E-state index in [0.717, 1.165) is 12.0 Å². The van der Waals surface area contributed by atoms with Gasteiger partial charge in [0.1, 0.15) is 5.82 Å². The quantitative estimate of drug-likeness (QED) is 0.820. The van der Waals surface area contributed by atoms with Gasteiger partial charge in [-0.15, -0.1) is 12.4 Å². The third kappa shape index (κ3) is 3.01. The molecule has 114 valence electrons. The lowest BCUT2D eigenvalue weighted by atomic mass is 9.99. The van der Waals surface area contributed by atoms with E-state index in [-0.39, 0.29) is 35.8 Å². The van der Waals surface area contributed by atoms with Crippen LogP contribution in [0.3, 0.4) is 0 Å². The van der Waals surface area contributed by atoms with E-state index in [9.17, 15) is 14.0 Å². The normalized spacial score (nSPS) is 20.6. The van der Waals surface area contributed by atoms with Crippen LogP contribution in [0.25, 0.3) is 0 Å². The molecular formula is C14H17ClFN3O2. The Bertz CT molecular complexity index is 594. The van der Waals surface area contributed by atoms with Crippen molar-refractivity contribution in [1.29, 1.82) is 0 Å². The average Bonchev–Trinajstić information content (AvgIpc) is 2.84. The second-order valence-electron chi connectivity index (χ2n) is 5.34. The molecule has 1 aromatic rings. The summed E-state index contributed by atoms with van der Waals surface area (Å²) in [6.45, 7) is 1.03. The second kappa shape index (κ2) is 5.99. The van der Waals surface area contributed by atoms with Gasteiger partial charge in [0, 0.05) is 31.2 Å². The first-order valence-electron chi connectivity index (χ1n) is 6.71. The first-order chi connectivity index (χ1) is 9.54. The number of likely N-dealkylation sites (tertiary alicyclic amines) is 1. The summed E-state index contributed by atoms with van der Waals surface area (Å²) in [5.41, 5.74) is 7.10. The number of benzene rings is 1. The average molecular weight is 314 g/mol. The summed E-state index contributed by atoms with van der Waals surface area (Å²) in [5.74, 6) is -1.05. The number of amides is 2. The van der Waals surface area contributed by atoms with E-state index in [1.807, 2.05) is 0 Å². The summed E-state index contributed by atoms with van der Waals surface area (Å²) in [5, 5.41) is 2.62. The summed E-state index contributed by atoms with van der Waals surface area (Å²) < 4.78 is 14.1. The van der Waals surface area contributed by atoms with Crippen LogP contribution >= 0.6 is 12.4 Å². The number of carbonyl (C=O) groups excluding carboxylic acids is 2. The topological polar surface area (TPSA) is 75.4 Å². The molecule has 2 aliphatic rings. The largest absolute Gasteiger partial charge is 0.337 e. The standard InChI is InChI=1S/C14H16FN3O2.ClH/c15-11-6-12-8(1-2-13(19)17-12)5-10(11)14(20)18-4-3-9(16)7-18;/h5-6,9H,1-4,7,16H2,(H,17,19);1H/t9-;/m1./s1. The molecule has 1 fully saturated rings. The molecule has 0 spiro atoms. The maximum absolute atomic E-state index is 14.1. The molecule has 3 rings (SSSR count). The zero-order valence-corrected chi connectivity index (χ0v) is 12.2. The molecule has 0 saturated carbocycles. The summed E-state index contributed by atoms with van der Waals surface area (Å²) in [7, 11) is 0. The number of nitrogens with zero attached hydrogens (tertiary/aromatic N) is 1. The highest BCUT2D eigenvalue weighted by Gasteiger charge is 2.28. The van der Waals surface area contributed by atoms with Gasteiger partial charge in [-0.3, -0.25) is 9.59 Å². The first-order valence-corrected chi connectivity index (χ1v) is 6.71. The van der Waals surface area contributed by atoms with Crippen molar-refractivity contribution in [2.45, 2.75) is 25.3 Å². The number of fused-ring (bicyclic) bond motifs is 1. The lowest BCUT2D eigenvalue weighted by Crippen LogP contribution is -2.32. The van der Waals surface area contributed by atoms with Crippen LogP contribution in [0.1, 0.15) is 28.8 Å². The molecule has 21 heavy (non-hydrogen) atoms. The molecule has 2 aliphatic heterocycles. The van der Waals surface area contributed by atoms with E-state index in [2.05, 4.69) is 5.32 Å². The minimum absolute atomic E-state index is 0. The Morgan fingerprint density at radius 2 is 2.14 bits per heavy atom. The number of anilines is 1. The molecule has 3 N–H and O–H groups in total. The molecule has 0 aliphatic carbocycles. The summed E-state index contributed by atoms with van der Waals surface area (Å²) in [6, 6.07) is 2.75. The van der Waals surface area contributed by atoms with E-state index in [4.69, 9.17) is 5.73 Å². The lowest BCUT2D eigenvalue weighted by molar-refractivity contribution is -0.116. The fourth-order valence-corrected chi connectivity index (χ4v) is 2.71. The van der Waals surface area contributed by atoms with Gasteiger partial charge in [0.15, 0.2) is 0 Å². The van der Waals surface area contributed by atoms with Gasteiger partial charge < -0.3 is 16.0 Å². The first kappa shape index (κ1) is 15.7. The zero-order chi connectivity index (χ0) is 14.3. The number of aryl methyl sites for hydroxylation is 1. The minimum atomic E-state index is -0.601. The van der Waals surface area contributed by atoms with Gasteiger partial charge in [0.25, 0.3) is 5.91 Å². The minimum Gasteiger partial charge on any atom is -0.337 e. The third-order valence-electron chi connectivity index (χ3n) is 3.83. The molecular weight excluding hydrogens is 297 g/mol. The molecule has 5 nitrogen and oxygen atoms in total. The van der Waals surface area contributed by atoms with Crippen molar-refractivity contribution in [2.24, 2.45) is 5.73 Å². The Labute approximate surface area is 128 Å². The smallest absolute Gasteiger partial charge is 0.256 e. The maximum atomic E-state index is 14.1. The monoisotopic (exact) mass is 313 g/mol. The van der Waals surface area contributed by atoms with Crippen molar-refractivity contribution >= 4 is 29.9 Å². The van der Waals surface area contributed by atoms with Crippen molar-refractivity contribution in [2.75, 3.05) is 18.4 Å². The predicted molar refractivity (Wildman–Crippen MR) is 79.1 cm³/mol. The Kier molecular flexibility index (Phi) is 4.49. The molecule has 0 unspecified atom stereocenters. The van der Waals surface area contributed by atoms with Crippen LogP contribution < -0.4 is 11.1 Å². The number of rotatable bonds is 1. The summed E-state index contributed by atoms with van der Waals surface area (Å²) >= 11 is 0. The summed E-state index contributed by atoms with van der Waals surface area (Å²) in [6.07, 6.45) is 1.64. The number of nitrogens with one attached hydrogen (secondary N) is 1. The van der Waals surface area contributed by atoms with Crippen LogP contribution in [0.5, 0.6) is 0 Å². The van der Waals surface area contributed by atoms with Crippen molar-refractivity contribution in [3.8, 4) is 0 Å². The molecule has 7 heteroatoms. The van der Waals surface area contributed by atoms with Gasteiger partial charge in [-0.2, -0.15) is 0 Å². The Hall–Kier alpha value is -1.66. The molecule has 2 amide bonds. The van der Waals surface area contributed by atoms with Crippen LogP contribution in [0.4, 0.5) is 10.1 Å². The van der Waals surface area contributed by atoms with E-state index >= 15 is 0 Å². The number of carbonyl (C=O) groups is 2. The van der Waals surface area contributed by atoms with Gasteiger partial charge >= 0.3 is 0 Å². The fourth-order valence-electron chi connectivity index (χ4n) is 2.71. The fraction of sp³-hybridized carbons (Fsp3) is 0.429. The third-order valence-corrected chi connectivity index (χ3v) is 3.83. The van der Waals surface area contributed by atoms with Gasteiger partial charge in [0.2, 0.25) is 5.91 Å². The number of hydrogen-bond acceptors (Lipinski definition) is 3. The second-order valence-corrected chi connectivity index (χ2v) is 5.34. The zero-order valence-electron chi connectivity index (χ0n) is 11.4. The number of hydrogen-bond donors (Lipinski definition) is 2. The maximum Gasteiger partial charge on any atom is 0.256 e. The highest BCUT2D eigenvalue weighted by atomic mass is 35.5. The van der Waals surface area contributed by atoms with Gasteiger partial charge in [0.05, 0.1) is 5.56 Å². The van der Waals surface area contributed by atoms with E-state index in [1.54, 1.807) is 11.0 Å². The van der Waals surface area contributed by atoms with Crippen LogP contribution in [0.15, 0.2) is 12.1 Å². The Morgan fingerprint density at radius 1 is 1.38 bits per heavy atom. The Morgan fingerprint density at radius 3 is 2.81 bits per heavy atom. The van der Waals surface area contributed by atoms with Crippen molar-refractivity contribution in [3.63, 3.8) is 0 Å². The molecule has 0 aromatic heterocycles. The molecule has 1 aromatic carbocycles. The highest BCUT2D eigenvalue weighted by Crippen LogP contribution is 2.27. The Balaban J connectivity index is 0.00000161. The van der Waals surface area contributed by atoms with E-state index < -0.39 is 5.82 Å². The molecule has 0 radical (unpaired) electrons. The SMILES string of the molecule is Cl.N[C@@H]1CCN(C(=O)c2cc3c(cc2F)NC(=O)CC3)C1. The molecule has 0 bridgehead atoms. The van der Waals surface area contributed by atoms with Crippen LogP contribution in [0, 0.1) is 5.82 Å². The number of halogens is 2. The van der Waals surface area contributed by atoms with Crippen molar-refractivity contribution in [3.05, 3.63) is 29.1 Å². The van der Waals surface area contributed by atoms with E-state index in [1.165, 1.54) is 6.07 Å². The van der Waals surface area contributed by atoms with Crippen molar-refractivity contribution in [1.82, 2.24) is 4.90 Å². The molecule has 1 saturated heterocycles. The van der Waals surface area contributed by atoms with Crippen LogP contribution in [0.2, 0.25) is 0 Å². The van der Waals surface area contributed by atoms with E-state index in [0.29, 0.717) is 31.6 Å². The number of nitrogens with two attached hydrogens (primary N) is 1. The van der Waals surface area contributed by atoms with Crippen LogP contribution in [-0.4, -0.2) is 35.8 Å². The molecule has 1 atom stereocenters. The van der Waals surface area contributed by atoms with Gasteiger partial charge in [-0.05, 0) is 30.5 Å². The van der Waals surface area contributed by atoms with Crippen LogP contribution in [-0.2, 0) is 11.2 Å². The van der Waals surface area contributed by atoms with Crippen molar-refractivity contribution < 1.29 is 14.0 Å². The summed E-state index contributed by atoms with van der Waals surface area (Å²) in [4.78, 5) is 25.2. The van der Waals surface area contributed by atoms with Gasteiger partial charge in [-0.25, -0.2) is 4.39 Å².